The van der Waals surface area contributed by atoms with E-state index in [0.717, 1.165) is 18.4 Å². The predicted molar refractivity (Wildman–Crippen MR) is 105 cm³/mol. The van der Waals surface area contributed by atoms with Crippen LogP contribution in [-0.4, -0.2) is 30.4 Å². The summed E-state index contributed by atoms with van der Waals surface area (Å²) in [5.41, 5.74) is -0.250. The third-order valence-corrected chi connectivity index (χ3v) is 7.67. The van der Waals surface area contributed by atoms with Gasteiger partial charge in [-0.15, -0.1) is 0 Å². The normalized spacial score (nSPS) is 39.9. The number of rotatable bonds is 5. The quantitative estimate of drug-likeness (QED) is 0.522. The highest BCUT2D eigenvalue weighted by atomic mass is 16.5. The van der Waals surface area contributed by atoms with Gasteiger partial charge in [0.2, 0.25) is 0 Å². The largest absolute Gasteiger partial charge is 0.462 e. The van der Waals surface area contributed by atoms with Gasteiger partial charge in [0.1, 0.15) is 18.5 Å². The summed E-state index contributed by atoms with van der Waals surface area (Å²) in [6.45, 7) is 14.3. The monoisotopic (exact) mass is 390 g/mol. The van der Waals surface area contributed by atoms with Crippen molar-refractivity contribution in [2.45, 2.75) is 72.8 Å². The van der Waals surface area contributed by atoms with E-state index in [1.807, 2.05) is 13.8 Å². The van der Waals surface area contributed by atoms with Crippen molar-refractivity contribution in [3.63, 3.8) is 0 Å². The first kappa shape index (κ1) is 21.1. The first-order valence-corrected chi connectivity index (χ1v) is 10.6. The van der Waals surface area contributed by atoms with Crippen molar-refractivity contribution in [2.75, 3.05) is 6.61 Å². The van der Waals surface area contributed by atoms with Crippen LogP contribution in [0.5, 0.6) is 0 Å². The fraction of sp³-hybridized carbons (Fsp3) is 0.783. The highest BCUT2D eigenvalue weighted by Crippen LogP contribution is 2.68. The third kappa shape index (κ3) is 3.21. The molecular formula is C23H34O5. The van der Waals surface area contributed by atoms with Gasteiger partial charge in [-0.2, -0.15) is 0 Å². The second kappa shape index (κ2) is 7.31. The standard InChI is InChI=1S/C23H34O5/c1-13(2)9-17(25)10-18-20-19(28-16(5)24)8-7-14(3)22(20,6)12-23(18)15(4)11-27-21(23)26/h13-14,18-20H,4,7-12H2,1-3,5-6H3/t14-,18+,19+,20-,22+,23-/m1/s1. The lowest BCUT2D eigenvalue weighted by molar-refractivity contribution is -0.159. The van der Waals surface area contributed by atoms with Crippen LogP contribution in [0.15, 0.2) is 12.2 Å². The number of esters is 2. The molecule has 2 aliphatic carbocycles. The van der Waals surface area contributed by atoms with Crippen molar-refractivity contribution in [3.8, 4) is 0 Å². The first-order valence-electron chi connectivity index (χ1n) is 10.6. The van der Waals surface area contributed by atoms with Crippen LogP contribution in [0.25, 0.3) is 0 Å². The zero-order valence-corrected chi connectivity index (χ0v) is 17.9. The van der Waals surface area contributed by atoms with Crippen LogP contribution in [0, 0.1) is 34.5 Å². The highest BCUT2D eigenvalue weighted by Gasteiger charge is 2.70. The molecule has 0 unspecified atom stereocenters. The van der Waals surface area contributed by atoms with Crippen LogP contribution >= 0.6 is 0 Å². The maximum Gasteiger partial charge on any atom is 0.316 e. The van der Waals surface area contributed by atoms with Crippen LogP contribution in [0.2, 0.25) is 0 Å². The molecule has 1 spiro atoms. The van der Waals surface area contributed by atoms with Gasteiger partial charge in [0, 0.05) is 25.7 Å². The van der Waals surface area contributed by atoms with Gasteiger partial charge in [-0.1, -0.05) is 34.3 Å². The lowest BCUT2D eigenvalue weighted by Crippen LogP contribution is -2.46. The predicted octanol–water partition coefficient (Wildman–Crippen LogP) is 4.10. The van der Waals surface area contributed by atoms with Gasteiger partial charge in [0.25, 0.3) is 0 Å². The summed E-state index contributed by atoms with van der Waals surface area (Å²) in [5.74, 6) is -0.0165. The summed E-state index contributed by atoms with van der Waals surface area (Å²) in [6, 6.07) is 0. The van der Waals surface area contributed by atoms with E-state index in [9.17, 15) is 14.4 Å². The molecule has 6 atom stereocenters. The van der Waals surface area contributed by atoms with E-state index in [4.69, 9.17) is 9.47 Å². The zero-order valence-electron chi connectivity index (χ0n) is 17.9. The molecule has 5 heteroatoms. The number of ketones is 1. The highest BCUT2D eigenvalue weighted by molar-refractivity contribution is 5.87. The average molecular weight is 391 g/mol. The number of hydrogen-bond donors (Lipinski definition) is 0. The number of fused-ring (bicyclic) bond motifs is 1. The lowest BCUT2D eigenvalue weighted by Gasteiger charge is -2.47. The van der Waals surface area contributed by atoms with Gasteiger partial charge >= 0.3 is 11.9 Å². The van der Waals surface area contributed by atoms with Gasteiger partial charge < -0.3 is 9.47 Å². The summed E-state index contributed by atoms with van der Waals surface area (Å²) < 4.78 is 11.2. The van der Waals surface area contributed by atoms with E-state index in [1.54, 1.807) is 0 Å². The molecule has 0 aromatic carbocycles. The Balaban J connectivity index is 2.07. The van der Waals surface area contributed by atoms with Gasteiger partial charge in [-0.25, -0.2) is 0 Å². The van der Waals surface area contributed by atoms with E-state index in [-0.39, 0.29) is 53.6 Å². The minimum Gasteiger partial charge on any atom is -0.462 e. The Hall–Kier alpha value is -1.65. The molecule has 3 fully saturated rings. The third-order valence-electron chi connectivity index (χ3n) is 7.67. The number of Topliss-reactive ketones (excluding diaryl/α,β-unsaturated/α-hetero) is 1. The Bertz CT molecular complexity index is 677. The van der Waals surface area contributed by atoms with Gasteiger partial charge in [-0.3, -0.25) is 14.4 Å². The number of cyclic esters (lactones) is 1. The smallest absolute Gasteiger partial charge is 0.316 e. The minimum absolute atomic E-state index is 0.0429. The van der Waals surface area contributed by atoms with Crippen molar-refractivity contribution in [3.05, 3.63) is 12.2 Å². The lowest BCUT2D eigenvalue weighted by atomic mass is 9.60. The van der Waals surface area contributed by atoms with Gasteiger partial charge in [0.05, 0.1) is 5.41 Å². The maximum absolute atomic E-state index is 13.0. The summed E-state index contributed by atoms with van der Waals surface area (Å²) in [4.78, 5) is 37.7. The van der Waals surface area contributed by atoms with Crippen molar-refractivity contribution >= 4 is 17.7 Å². The zero-order chi connectivity index (χ0) is 20.9. The van der Waals surface area contributed by atoms with E-state index in [0.29, 0.717) is 25.2 Å². The molecular weight excluding hydrogens is 356 g/mol. The summed E-state index contributed by atoms with van der Waals surface area (Å²) in [5, 5.41) is 0. The molecule has 3 rings (SSSR count). The van der Waals surface area contributed by atoms with Gasteiger partial charge in [-0.05, 0) is 48.0 Å². The topological polar surface area (TPSA) is 69.7 Å². The van der Waals surface area contributed by atoms with Crippen LogP contribution in [0.1, 0.15) is 66.7 Å². The molecule has 1 aliphatic heterocycles. The van der Waals surface area contributed by atoms with E-state index >= 15 is 0 Å². The molecule has 1 heterocycles. The Morgan fingerprint density at radius 3 is 2.54 bits per heavy atom. The molecule has 3 aliphatic rings. The van der Waals surface area contributed by atoms with E-state index < -0.39 is 5.41 Å². The minimum atomic E-state index is -0.830. The van der Waals surface area contributed by atoms with Crippen LogP contribution in [0.4, 0.5) is 0 Å². The Morgan fingerprint density at radius 1 is 1.32 bits per heavy atom. The summed E-state index contributed by atoms with van der Waals surface area (Å²) in [6.07, 6.45) is 2.88. The van der Waals surface area contributed by atoms with Crippen molar-refractivity contribution in [1.82, 2.24) is 0 Å². The maximum atomic E-state index is 13.0. The Kier molecular flexibility index (Phi) is 5.50. The molecule has 28 heavy (non-hydrogen) atoms. The summed E-state index contributed by atoms with van der Waals surface area (Å²) >= 11 is 0. The van der Waals surface area contributed by atoms with Crippen LogP contribution < -0.4 is 0 Å². The number of carbonyl (C=O) groups excluding carboxylic acids is 3. The Labute approximate surface area is 168 Å². The SMILES string of the molecule is C=C1COC(=O)[C@]12C[C@]1(C)[C@@H]([C@@H](OC(C)=O)CC[C@H]1C)[C@@H]2CC(=O)CC(C)C. The molecule has 0 amide bonds. The fourth-order valence-electron chi connectivity index (χ4n) is 6.32. The van der Waals surface area contributed by atoms with Gasteiger partial charge in [0.15, 0.2) is 0 Å². The second-order valence-corrected chi connectivity index (χ2v) is 9.93. The van der Waals surface area contributed by atoms with E-state index in [1.165, 1.54) is 6.92 Å². The average Bonchev–Trinajstić information content (AvgIpc) is 3.00. The molecule has 5 nitrogen and oxygen atoms in total. The van der Waals surface area contributed by atoms with Crippen molar-refractivity contribution in [2.24, 2.45) is 34.5 Å². The summed E-state index contributed by atoms with van der Waals surface area (Å²) in [7, 11) is 0. The first-order chi connectivity index (χ1) is 13.0. The van der Waals surface area contributed by atoms with E-state index in [2.05, 4.69) is 20.4 Å². The number of ether oxygens (including phenoxy) is 2. The molecule has 0 N–H and O–H groups in total. The second-order valence-electron chi connectivity index (χ2n) is 9.93. The fourth-order valence-corrected chi connectivity index (χ4v) is 6.32. The molecule has 0 aromatic heterocycles. The van der Waals surface area contributed by atoms with Crippen LogP contribution in [-0.2, 0) is 23.9 Å². The van der Waals surface area contributed by atoms with Crippen molar-refractivity contribution < 1.29 is 23.9 Å². The van der Waals surface area contributed by atoms with Crippen LogP contribution in [0.3, 0.4) is 0 Å². The number of hydrogen-bond acceptors (Lipinski definition) is 5. The number of carbonyl (C=O) groups is 3. The molecule has 0 radical (unpaired) electrons. The molecule has 156 valence electrons. The molecule has 1 saturated heterocycles. The molecule has 0 bridgehead atoms. The van der Waals surface area contributed by atoms with Crippen molar-refractivity contribution in [1.29, 1.82) is 0 Å². The Morgan fingerprint density at radius 2 is 2.00 bits per heavy atom. The molecule has 0 aromatic rings. The molecule has 2 saturated carbocycles.